The number of aromatic nitrogens is 2. The first kappa shape index (κ1) is 18.6. The quantitative estimate of drug-likeness (QED) is 0.341. The maximum atomic E-state index is 13.3. The number of nitrogens with zero attached hydrogens (tertiary/aromatic N) is 3. The van der Waals surface area contributed by atoms with Crippen molar-refractivity contribution in [1.29, 1.82) is 0 Å². The first-order valence-electron chi connectivity index (χ1n) is 7.09. The second kappa shape index (κ2) is 7.92. The second-order valence-corrected chi connectivity index (χ2v) is 4.89. The summed E-state index contributed by atoms with van der Waals surface area (Å²) in [6.07, 6.45) is -4.17. The molecule has 0 saturated carbocycles. The third kappa shape index (κ3) is 4.89. The van der Waals surface area contributed by atoms with E-state index in [1.807, 2.05) is 0 Å². The van der Waals surface area contributed by atoms with E-state index in [4.69, 9.17) is 10.5 Å². The highest BCUT2D eigenvalue weighted by Gasteiger charge is 2.34. The summed E-state index contributed by atoms with van der Waals surface area (Å²) in [6, 6.07) is 2.29. The van der Waals surface area contributed by atoms with E-state index in [0.717, 1.165) is 6.07 Å². The first-order valence-corrected chi connectivity index (χ1v) is 7.09. The number of anilines is 1. The Labute approximate surface area is 139 Å². The average molecular weight is 361 g/mol. The number of hydrogen-bond acceptors (Lipinski definition) is 6. The summed E-state index contributed by atoms with van der Waals surface area (Å²) in [5.74, 6) is -1.43. The SMILES string of the molecule is COCCCNc1nonc1C(N)=Nc1ccc(F)c(C(F)(F)F)c1. The van der Waals surface area contributed by atoms with Gasteiger partial charge < -0.3 is 15.8 Å². The Bertz CT molecular complexity index is 745. The minimum Gasteiger partial charge on any atom is -0.385 e. The van der Waals surface area contributed by atoms with E-state index < -0.39 is 17.6 Å². The van der Waals surface area contributed by atoms with Crippen LogP contribution >= 0.6 is 0 Å². The monoisotopic (exact) mass is 361 g/mol. The summed E-state index contributed by atoms with van der Waals surface area (Å²) in [6.45, 7) is 1.00. The Morgan fingerprint density at radius 3 is 2.80 bits per heavy atom. The van der Waals surface area contributed by atoms with Gasteiger partial charge in [0.2, 0.25) is 5.82 Å². The molecule has 7 nitrogen and oxygen atoms in total. The molecule has 2 aromatic rings. The highest BCUT2D eigenvalue weighted by atomic mass is 19.4. The van der Waals surface area contributed by atoms with Crippen LogP contribution in [0.3, 0.4) is 0 Å². The van der Waals surface area contributed by atoms with Crippen molar-refractivity contribution in [2.75, 3.05) is 25.6 Å². The Kier molecular flexibility index (Phi) is 5.91. The predicted molar refractivity (Wildman–Crippen MR) is 81.1 cm³/mol. The van der Waals surface area contributed by atoms with Gasteiger partial charge in [0.1, 0.15) is 5.82 Å². The fourth-order valence-corrected chi connectivity index (χ4v) is 1.89. The molecular weight excluding hydrogens is 346 g/mol. The Morgan fingerprint density at radius 1 is 1.36 bits per heavy atom. The standard InChI is InChI=1S/C14H15F4N5O2/c1-24-6-2-5-20-13-11(22-25-23-13)12(19)21-8-3-4-10(15)9(7-8)14(16,17)18/h3-4,7H,2,5-6H2,1H3,(H2,19,21)(H,20,23). The van der Waals surface area contributed by atoms with E-state index >= 15 is 0 Å². The van der Waals surface area contributed by atoms with Gasteiger partial charge >= 0.3 is 6.18 Å². The topological polar surface area (TPSA) is 98.6 Å². The molecule has 0 bridgehead atoms. The number of hydrogen-bond donors (Lipinski definition) is 2. The van der Waals surface area contributed by atoms with Crippen molar-refractivity contribution < 1.29 is 26.9 Å². The van der Waals surface area contributed by atoms with Crippen LogP contribution in [0, 0.1) is 5.82 Å². The van der Waals surface area contributed by atoms with Crippen molar-refractivity contribution in [3.63, 3.8) is 0 Å². The minimum absolute atomic E-state index is 0.0373. The fraction of sp³-hybridized carbons (Fsp3) is 0.357. The summed E-state index contributed by atoms with van der Waals surface area (Å²) in [5, 5.41) is 10.1. The van der Waals surface area contributed by atoms with Crippen LogP contribution in [0.25, 0.3) is 0 Å². The maximum Gasteiger partial charge on any atom is 0.419 e. The Hall–Kier alpha value is -2.69. The van der Waals surface area contributed by atoms with Gasteiger partial charge in [-0.25, -0.2) is 14.0 Å². The van der Waals surface area contributed by atoms with E-state index in [1.54, 1.807) is 7.11 Å². The van der Waals surface area contributed by atoms with Crippen LogP contribution in [0.5, 0.6) is 0 Å². The van der Waals surface area contributed by atoms with E-state index in [2.05, 4.69) is 25.3 Å². The molecule has 0 saturated heterocycles. The number of nitrogens with one attached hydrogen (secondary N) is 1. The van der Waals surface area contributed by atoms with Crippen LogP contribution < -0.4 is 11.1 Å². The first-order chi connectivity index (χ1) is 11.8. The predicted octanol–water partition coefficient (Wildman–Crippen LogP) is 2.71. The lowest BCUT2D eigenvalue weighted by molar-refractivity contribution is -0.139. The zero-order chi connectivity index (χ0) is 18.4. The molecule has 0 unspecified atom stereocenters. The van der Waals surface area contributed by atoms with Gasteiger partial charge in [0.25, 0.3) is 0 Å². The van der Waals surface area contributed by atoms with Crippen molar-refractivity contribution >= 4 is 17.3 Å². The number of alkyl halides is 3. The molecule has 1 aromatic heterocycles. The van der Waals surface area contributed by atoms with Crippen molar-refractivity contribution in [2.45, 2.75) is 12.6 Å². The lowest BCUT2D eigenvalue weighted by Crippen LogP contribution is -2.17. The molecule has 0 aliphatic carbocycles. The molecule has 136 valence electrons. The largest absolute Gasteiger partial charge is 0.419 e. The molecule has 2 rings (SSSR count). The molecule has 1 heterocycles. The van der Waals surface area contributed by atoms with Gasteiger partial charge in [0, 0.05) is 20.3 Å². The molecule has 0 spiro atoms. The molecule has 0 atom stereocenters. The number of nitrogens with two attached hydrogens (primary N) is 1. The number of methoxy groups -OCH3 is 1. The van der Waals surface area contributed by atoms with E-state index in [0.29, 0.717) is 31.7 Å². The van der Waals surface area contributed by atoms with E-state index in [9.17, 15) is 17.6 Å². The number of aliphatic imine (C=N–C) groups is 1. The van der Waals surface area contributed by atoms with Gasteiger partial charge in [-0.15, -0.1) is 0 Å². The lowest BCUT2D eigenvalue weighted by atomic mass is 10.2. The van der Waals surface area contributed by atoms with Crippen LogP contribution in [-0.4, -0.2) is 36.4 Å². The summed E-state index contributed by atoms with van der Waals surface area (Å²) in [5.41, 5.74) is 4.17. The number of rotatable bonds is 7. The lowest BCUT2D eigenvalue weighted by Gasteiger charge is -2.08. The maximum absolute atomic E-state index is 13.3. The zero-order valence-corrected chi connectivity index (χ0v) is 13.1. The molecule has 11 heteroatoms. The van der Waals surface area contributed by atoms with Crippen LogP contribution in [0.15, 0.2) is 27.8 Å². The summed E-state index contributed by atoms with van der Waals surface area (Å²) < 4.78 is 60.9. The van der Waals surface area contributed by atoms with Crippen molar-refractivity contribution in [3.05, 3.63) is 35.3 Å². The summed E-state index contributed by atoms with van der Waals surface area (Å²) in [4.78, 5) is 3.82. The molecule has 0 fully saturated rings. The third-order valence-corrected chi connectivity index (χ3v) is 3.05. The number of amidine groups is 1. The third-order valence-electron chi connectivity index (χ3n) is 3.05. The van der Waals surface area contributed by atoms with Crippen molar-refractivity contribution in [2.24, 2.45) is 10.7 Å². The zero-order valence-electron chi connectivity index (χ0n) is 13.1. The molecule has 0 amide bonds. The fourth-order valence-electron chi connectivity index (χ4n) is 1.89. The van der Waals surface area contributed by atoms with Crippen LogP contribution in [-0.2, 0) is 10.9 Å². The van der Waals surface area contributed by atoms with Gasteiger partial charge in [-0.2, -0.15) is 13.2 Å². The minimum atomic E-state index is -4.84. The number of halogens is 4. The average Bonchev–Trinajstić information content (AvgIpc) is 3.01. The Balaban J connectivity index is 2.21. The van der Waals surface area contributed by atoms with Crippen LogP contribution in [0.4, 0.5) is 29.1 Å². The van der Waals surface area contributed by atoms with E-state index in [1.165, 1.54) is 0 Å². The van der Waals surface area contributed by atoms with Gasteiger partial charge in [-0.05, 0) is 34.9 Å². The smallest absolute Gasteiger partial charge is 0.385 e. The van der Waals surface area contributed by atoms with E-state index in [-0.39, 0.29) is 23.0 Å². The van der Waals surface area contributed by atoms with Gasteiger partial charge in [0.15, 0.2) is 11.5 Å². The molecular formula is C14H15F4N5O2. The van der Waals surface area contributed by atoms with Crippen molar-refractivity contribution in [1.82, 2.24) is 10.3 Å². The molecule has 0 radical (unpaired) electrons. The highest BCUT2D eigenvalue weighted by Crippen LogP contribution is 2.33. The molecule has 25 heavy (non-hydrogen) atoms. The number of benzene rings is 1. The number of ether oxygens (including phenoxy) is 1. The van der Waals surface area contributed by atoms with Gasteiger partial charge in [0.05, 0.1) is 11.3 Å². The van der Waals surface area contributed by atoms with Crippen LogP contribution in [0.2, 0.25) is 0 Å². The normalized spacial score (nSPS) is 12.4. The second-order valence-electron chi connectivity index (χ2n) is 4.89. The van der Waals surface area contributed by atoms with Crippen LogP contribution in [0.1, 0.15) is 17.7 Å². The van der Waals surface area contributed by atoms with Crippen molar-refractivity contribution in [3.8, 4) is 0 Å². The Morgan fingerprint density at radius 2 is 2.12 bits per heavy atom. The molecule has 0 aliphatic rings. The molecule has 0 aliphatic heterocycles. The van der Waals surface area contributed by atoms with Gasteiger partial charge in [-0.1, -0.05) is 0 Å². The molecule has 3 N–H and O–H groups in total. The van der Waals surface area contributed by atoms with Gasteiger partial charge in [-0.3, -0.25) is 0 Å². The highest BCUT2D eigenvalue weighted by molar-refractivity contribution is 6.00. The summed E-state index contributed by atoms with van der Waals surface area (Å²) in [7, 11) is 1.56. The molecule has 1 aromatic carbocycles. The summed E-state index contributed by atoms with van der Waals surface area (Å²) >= 11 is 0.